The van der Waals surface area contributed by atoms with Crippen LogP contribution in [0, 0.1) is 0 Å². The summed E-state index contributed by atoms with van der Waals surface area (Å²) in [6.45, 7) is 1.87. The SMILES string of the molecule is CC(CC(O)c1ccco1)NC(=O)c1ccc2ccccc2c1. The third kappa shape index (κ3) is 3.60. The summed E-state index contributed by atoms with van der Waals surface area (Å²) >= 11 is 0. The third-order valence-electron chi connectivity index (χ3n) is 3.84. The van der Waals surface area contributed by atoms with Gasteiger partial charge in [-0.05, 0) is 42.0 Å². The number of fused-ring (bicyclic) bond motifs is 1. The molecule has 0 aliphatic heterocycles. The molecule has 3 aromatic rings. The van der Waals surface area contributed by atoms with Crippen LogP contribution in [0.1, 0.15) is 35.6 Å². The van der Waals surface area contributed by atoms with Gasteiger partial charge in [0.15, 0.2) is 0 Å². The Hall–Kier alpha value is -2.59. The maximum Gasteiger partial charge on any atom is 0.251 e. The molecule has 2 aromatic carbocycles. The fourth-order valence-corrected chi connectivity index (χ4v) is 2.63. The number of carbonyl (C=O) groups is 1. The molecule has 1 heterocycles. The Kier molecular flexibility index (Phi) is 4.44. The number of furan rings is 1. The molecule has 3 rings (SSSR count). The van der Waals surface area contributed by atoms with Crippen LogP contribution in [0.4, 0.5) is 0 Å². The molecule has 0 spiro atoms. The number of carbonyl (C=O) groups excluding carboxylic acids is 1. The minimum absolute atomic E-state index is 0.144. The molecule has 1 amide bonds. The van der Waals surface area contributed by atoms with Crippen molar-refractivity contribution < 1.29 is 14.3 Å². The highest BCUT2D eigenvalue weighted by molar-refractivity contribution is 5.98. The summed E-state index contributed by atoms with van der Waals surface area (Å²) in [5.41, 5.74) is 0.614. The van der Waals surface area contributed by atoms with E-state index < -0.39 is 6.10 Å². The molecular formula is C19H19NO3. The number of hydrogen-bond acceptors (Lipinski definition) is 3. The lowest BCUT2D eigenvalue weighted by Crippen LogP contribution is -2.33. The fraction of sp³-hybridized carbons (Fsp3) is 0.211. The van der Waals surface area contributed by atoms with Crippen molar-refractivity contribution in [3.63, 3.8) is 0 Å². The first kappa shape index (κ1) is 15.3. The summed E-state index contributed by atoms with van der Waals surface area (Å²) in [6.07, 6.45) is 1.20. The van der Waals surface area contributed by atoms with Crippen molar-refractivity contribution in [2.45, 2.75) is 25.5 Å². The van der Waals surface area contributed by atoms with Gasteiger partial charge in [0.05, 0.1) is 6.26 Å². The van der Waals surface area contributed by atoms with Gasteiger partial charge in [0, 0.05) is 18.0 Å². The second kappa shape index (κ2) is 6.67. The second-order valence-corrected chi connectivity index (χ2v) is 5.70. The molecule has 0 saturated carbocycles. The zero-order valence-electron chi connectivity index (χ0n) is 12.9. The molecular weight excluding hydrogens is 290 g/mol. The Bertz CT molecular complexity index is 795. The van der Waals surface area contributed by atoms with E-state index in [1.54, 1.807) is 12.1 Å². The minimum Gasteiger partial charge on any atom is -0.467 e. The monoisotopic (exact) mass is 309 g/mol. The average molecular weight is 309 g/mol. The summed E-state index contributed by atoms with van der Waals surface area (Å²) in [4.78, 5) is 12.4. The Labute approximate surface area is 134 Å². The van der Waals surface area contributed by atoms with Crippen LogP contribution in [0.5, 0.6) is 0 Å². The van der Waals surface area contributed by atoms with Crippen molar-refractivity contribution in [3.8, 4) is 0 Å². The molecule has 2 atom stereocenters. The molecule has 1 aromatic heterocycles. The van der Waals surface area contributed by atoms with Crippen molar-refractivity contribution in [1.82, 2.24) is 5.32 Å². The number of amides is 1. The molecule has 0 saturated heterocycles. The number of nitrogens with one attached hydrogen (secondary N) is 1. The summed E-state index contributed by atoms with van der Waals surface area (Å²) < 4.78 is 5.17. The van der Waals surface area contributed by atoms with Crippen LogP contribution >= 0.6 is 0 Å². The first-order valence-corrected chi connectivity index (χ1v) is 7.64. The smallest absolute Gasteiger partial charge is 0.251 e. The van der Waals surface area contributed by atoms with Crippen LogP contribution in [0.2, 0.25) is 0 Å². The Morgan fingerprint density at radius 3 is 2.65 bits per heavy atom. The van der Waals surface area contributed by atoms with Gasteiger partial charge in [-0.15, -0.1) is 0 Å². The standard InChI is InChI=1S/C19H19NO3/c1-13(11-17(21)18-7-4-10-23-18)20-19(22)16-9-8-14-5-2-3-6-15(14)12-16/h2-10,12-13,17,21H,11H2,1H3,(H,20,22). The largest absolute Gasteiger partial charge is 0.467 e. The fourth-order valence-electron chi connectivity index (χ4n) is 2.63. The predicted octanol–water partition coefficient (Wildman–Crippen LogP) is 3.67. The summed E-state index contributed by atoms with van der Waals surface area (Å²) in [5, 5.41) is 15.1. The minimum atomic E-state index is -0.725. The number of hydrogen-bond donors (Lipinski definition) is 2. The van der Waals surface area contributed by atoms with E-state index in [1.807, 2.05) is 49.4 Å². The zero-order chi connectivity index (χ0) is 16.2. The maximum atomic E-state index is 12.4. The van der Waals surface area contributed by atoms with Gasteiger partial charge in [-0.25, -0.2) is 0 Å². The second-order valence-electron chi connectivity index (χ2n) is 5.70. The molecule has 0 aliphatic rings. The van der Waals surface area contributed by atoms with E-state index in [-0.39, 0.29) is 11.9 Å². The highest BCUT2D eigenvalue weighted by atomic mass is 16.4. The molecule has 2 N–H and O–H groups in total. The Morgan fingerprint density at radius 2 is 1.91 bits per heavy atom. The van der Waals surface area contributed by atoms with Gasteiger partial charge < -0.3 is 14.8 Å². The van der Waals surface area contributed by atoms with E-state index in [4.69, 9.17) is 4.42 Å². The van der Waals surface area contributed by atoms with Gasteiger partial charge >= 0.3 is 0 Å². The van der Waals surface area contributed by atoms with Crippen LogP contribution in [0.3, 0.4) is 0 Å². The molecule has 0 bridgehead atoms. The van der Waals surface area contributed by atoms with Gasteiger partial charge in [-0.2, -0.15) is 0 Å². The van der Waals surface area contributed by atoms with Crippen LogP contribution in [0.15, 0.2) is 65.3 Å². The molecule has 4 nitrogen and oxygen atoms in total. The van der Waals surface area contributed by atoms with Crippen molar-refractivity contribution in [1.29, 1.82) is 0 Å². The third-order valence-corrected chi connectivity index (χ3v) is 3.84. The summed E-state index contributed by atoms with van der Waals surface area (Å²) in [5.74, 6) is 0.367. The van der Waals surface area contributed by atoms with E-state index in [2.05, 4.69) is 5.32 Å². The van der Waals surface area contributed by atoms with Crippen LogP contribution in [0.25, 0.3) is 10.8 Å². The molecule has 0 fully saturated rings. The Balaban J connectivity index is 1.65. The topological polar surface area (TPSA) is 62.5 Å². The van der Waals surface area contributed by atoms with E-state index >= 15 is 0 Å². The van der Waals surface area contributed by atoms with E-state index in [0.717, 1.165) is 10.8 Å². The van der Waals surface area contributed by atoms with E-state index in [0.29, 0.717) is 17.7 Å². The van der Waals surface area contributed by atoms with Gasteiger partial charge in [-0.1, -0.05) is 30.3 Å². The average Bonchev–Trinajstić information content (AvgIpc) is 3.08. The lowest BCUT2D eigenvalue weighted by molar-refractivity contribution is 0.0903. The zero-order valence-corrected chi connectivity index (χ0v) is 12.9. The number of aliphatic hydroxyl groups is 1. The van der Waals surface area contributed by atoms with Crippen molar-refractivity contribution in [2.24, 2.45) is 0 Å². The Morgan fingerprint density at radius 1 is 1.13 bits per heavy atom. The first-order valence-electron chi connectivity index (χ1n) is 7.64. The van der Waals surface area contributed by atoms with E-state index in [9.17, 15) is 9.90 Å². The molecule has 0 radical (unpaired) electrons. The van der Waals surface area contributed by atoms with Crippen LogP contribution < -0.4 is 5.32 Å². The van der Waals surface area contributed by atoms with Crippen LogP contribution in [-0.4, -0.2) is 17.1 Å². The lowest BCUT2D eigenvalue weighted by atomic mass is 10.1. The van der Waals surface area contributed by atoms with E-state index in [1.165, 1.54) is 6.26 Å². The first-order chi connectivity index (χ1) is 11.1. The van der Waals surface area contributed by atoms with Crippen molar-refractivity contribution >= 4 is 16.7 Å². The van der Waals surface area contributed by atoms with Crippen molar-refractivity contribution in [2.75, 3.05) is 0 Å². The lowest BCUT2D eigenvalue weighted by Gasteiger charge is -2.17. The summed E-state index contributed by atoms with van der Waals surface area (Å²) in [7, 11) is 0. The molecule has 4 heteroatoms. The molecule has 118 valence electrons. The van der Waals surface area contributed by atoms with Crippen molar-refractivity contribution in [3.05, 3.63) is 72.2 Å². The quantitative estimate of drug-likeness (QED) is 0.756. The van der Waals surface area contributed by atoms with Crippen LogP contribution in [-0.2, 0) is 0 Å². The normalized spacial score (nSPS) is 13.7. The van der Waals surface area contributed by atoms with Gasteiger partial charge in [-0.3, -0.25) is 4.79 Å². The molecule has 0 aliphatic carbocycles. The number of rotatable bonds is 5. The van der Waals surface area contributed by atoms with Gasteiger partial charge in [0.25, 0.3) is 5.91 Å². The molecule has 23 heavy (non-hydrogen) atoms. The highest BCUT2D eigenvalue weighted by Crippen LogP contribution is 2.19. The predicted molar refractivity (Wildman–Crippen MR) is 89.2 cm³/mol. The number of benzene rings is 2. The highest BCUT2D eigenvalue weighted by Gasteiger charge is 2.17. The molecule has 2 unspecified atom stereocenters. The van der Waals surface area contributed by atoms with Gasteiger partial charge in [0.1, 0.15) is 11.9 Å². The summed E-state index contributed by atoms with van der Waals surface area (Å²) in [6, 6.07) is 16.8. The maximum absolute atomic E-state index is 12.4. The van der Waals surface area contributed by atoms with Gasteiger partial charge in [0.2, 0.25) is 0 Å². The number of aliphatic hydroxyl groups excluding tert-OH is 1.